The Labute approximate surface area is 59.8 Å². The largest absolute Gasteiger partial charge is 0.447 e. The van der Waals surface area contributed by atoms with Crippen molar-refractivity contribution in [1.29, 1.82) is 0 Å². The summed E-state index contributed by atoms with van der Waals surface area (Å²) in [6.45, 7) is 6.18. The van der Waals surface area contributed by atoms with Gasteiger partial charge in [0.05, 0.1) is 12.7 Å². The number of rotatable bonds is 3. The Kier molecular flexibility index (Phi) is 2.10. The van der Waals surface area contributed by atoms with Gasteiger partial charge >= 0.3 is 0 Å². The van der Waals surface area contributed by atoms with E-state index in [1.165, 1.54) is 0 Å². The van der Waals surface area contributed by atoms with E-state index in [4.69, 9.17) is 4.42 Å². The number of hydrogen-bond acceptors (Lipinski definition) is 3. The minimum Gasteiger partial charge on any atom is -0.447 e. The summed E-state index contributed by atoms with van der Waals surface area (Å²) >= 11 is 0. The number of nitrogens with one attached hydrogen (secondary N) is 1. The van der Waals surface area contributed by atoms with E-state index in [2.05, 4.69) is 16.9 Å². The first-order valence-corrected chi connectivity index (χ1v) is 3.07. The minimum absolute atomic E-state index is 0.613. The van der Waals surface area contributed by atoms with Crippen molar-refractivity contribution in [2.75, 3.05) is 0 Å². The minimum atomic E-state index is 0.613. The standard InChI is InChI=1S/C7H10N2O/c1-6(2)9-5-7-8-3-4-10-7/h3-4,9H,1,5H2,2H3. The average molecular weight is 138 g/mol. The highest BCUT2D eigenvalue weighted by Crippen LogP contribution is 1.93. The van der Waals surface area contributed by atoms with Crippen LogP contribution in [-0.4, -0.2) is 4.98 Å². The highest BCUT2D eigenvalue weighted by molar-refractivity contribution is 4.88. The quantitative estimate of drug-likeness (QED) is 0.684. The van der Waals surface area contributed by atoms with Crippen LogP contribution >= 0.6 is 0 Å². The molecule has 0 fully saturated rings. The Balaban J connectivity index is 2.35. The number of oxazole rings is 1. The van der Waals surface area contributed by atoms with Crippen molar-refractivity contribution in [2.24, 2.45) is 0 Å². The zero-order valence-corrected chi connectivity index (χ0v) is 5.92. The van der Waals surface area contributed by atoms with Crippen molar-refractivity contribution >= 4 is 0 Å². The maximum absolute atomic E-state index is 4.97. The summed E-state index contributed by atoms with van der Waals surface area (Å²) in [5.74, 6) is 0.683. The van der Waals surface area contributed by atoms with Gasteiger partial charge in [0.1, 0.15) is 6.26 Å². The fourth-order valence-electron chi connectivity index (χ4n) is 0.567. The molecule has 0 aromatic carbocycles. The molecule has 0 aliphatic heterocycles. The van der Waals surface area contributed by atoms with Crippen LogP contribution in [0.4, 0.5) is 0 Å². The first-order valence-electron chi connectivity index (χ1n) is 3.07. The molecule has 1 aromatic heterocycles. The second-order valence-electron chi connectivity index (χ2n) is 2.06. The summed E-state index contributed by atoms with van der Waals surface area (Å²) < 4.78 is 4.97. The van der Waals surface area contributed by atoms with Gasteiger partial charge in [0, 0.05) is 5.70 Å². The third kappa shape index (κ3) is 1.93. The van der Waals surface area contributed by atoms with E-state index in [0.29, 0.717) is 12.4 Å². The number of aromatic nitrogens is 1. The lowest BCUT2D eigenvalue weighted by molar-refractivity contribution is 0.481. The second kappa shape index (κ2) is 3.06. The van der Waals surface area contributed by atoms with Crippen molar-refractivity contribution < 1.29 is 4.42 Å². The maximum atomic E-state index is 4.97. The van der Waals surface area contributed by atoms with Crippen molar-refractivity contribution in [3.8, 4) is 0 Å². The fourth-order valence-corrected chi connectivity index (χ4v) is 0.567. The first-order chi connectivity index (χ1) is 4.79. The normalized spacial score (nSPS) is 9.30. The van der Waals surface area contributed by atoms with E-state index >= 15 is 0 Å². The second-order valence-corrected chi connectivity index (χ2v) is 2.06. The summed E-state index contributed by atoms with van der Waals surface area (Å²) in [5, 5.41) is 3.00. The van der Waals surface area contributed by atoms with E-state index < -0.39 is 0 Å². The number of hydrogen-bond donors (Lipinski definition) is 1. The number of allylic oxidation sites excluding steroid dienone is 1. The van der Waals surface area contributed by atoms with Gasteiger partial charge < -0.3 is 9.73 Å². The third-order valence-corrected chi connectivity index (χ3v) is 1.02. The van der Waals surface area contributed by atoms with Crippen LogP contribution in [0.15, 0.2) is 29.2 Å². The topological polar surface area (TPSA) is 38.1 Å². The van der Waals surface area contributed by atoms with Gasteiger partial charge in [-0.25, -0.2) is 4.98 Å². The summed E-state index contributed by atoms with van der Waals surface area (Å²) in [5.41, 5.74) is 0.915. The van der Waals surface area contributed by atoms with Gasteiger partial charge in [-0.05, 0) is 6.92 Å². The molecule has 0 spiro atoms. The Morgan fingerprint density at radius 2 is 2.70 bits per heavy atom. The molecule has 0 saturated carbocycles. The molecule has 54 valence electrons. The van der Waals surface area contributed by atoms with Crippen molar-refractivity contribution in [3.63, 3.8) is 0 Å². The van der Waals surface area contributed by atoms with Crippen LogP contribution in [0.3, 0.4) is 0 Å². The van der Waals surface area contributed by atoms with Gasteiger partial charge in [0.25, 0.3) is 0 Å². The molecule has 1 aromatic rings. The van der Waals surface area contributed by atoms with Gasteiger partial charge in [-0.2, -0.15) is 0 Å². The molecule has 0 atom stereocenters. The molecule has 1 rings (SSSR count). The predicted octanol–water partition coefficient (Wildman–Crippen LogP) is 1.30. The van der Waals surface area contributed by atoms with Crippen molar-refractivity contribution in [2.45, 2.75) is 13.5 Å². The van der Waals surface area contributed by atoms with Crippen LogP contribution in [0.1, 0.15) is 12.8 Å². The van der Waals surface area contributed by atoms with E-state index in [1.54, 1.807) is 12.5 Å². The smallest absolute Gasteiger partial charge is 0.213 e. The summed E-state index contributed by atoms with van der Waals surface area (Å²) in [4.78, 5) is 3.92. The van der Waals surface area contributed by atoms with Crippen LogP contribution in [0, 0.1) is 0 Å². The molecule has 0 bridgehead atoms. The molecule has 3 heteroatoms. The Hall–Kier alpha value is -1.25. The predicted molar refractivity (Wildman–Crippen MR) is 38.2 cm³/mol. The molecular formula is C7H10N2O. The lowest BCUT2D eigenvalue weighted by atomic mass is 10.5. The van der Waals surface area contributed by atoms with E-state index in [9.17, 15) is 0 Å². The molecule has 0 radical (unpaired) electrons. The van der Waals surface area contributed by atoms with Gasteiger partial charge in [-0.15, -0.1) is 0 Å². The number of nitrogens with zero attached hydrogens (tertiary/aromatic N) is 1. The molecular weight excluding hydrogens is 128 g/mol. The molecule has 0 amide bonds. The van der Waals surface area contributed by atoms with E-state index in [-0.39, 0.29) is 0 Å². The van der Waals surface area contributed by atoms with Gasteiger partial charge in [0.2, 0.25) is 5.89 Å². The van der Waals surface area contributed by atoms with Crippen molar-refractivity contribution in [1.82, 2.24) is 10.3 Å². The molecule has 10 heavy (non-hydrogen) atoms. The molecule has 3 nitrogen and oxygen atoms in total. The first kappa shape index (κ1) is 6.86. The van der Waals surface area contributed by atoms with E-state index in [0.717, 1.165) is 5.70 Å². The van der Waals surface area contributed by atoms with E-state index in [1.807, 2.05) is 6.92 Å². The van der Waals surface area contributed by atoms with Crippen LogP contribution < -0.4 is 5.32 Å². The molecule has 0 saturated heterocycles. The summed E-state index contributed by atoms with van der Waals surface area (Å²) in [7, 11) is 0. The van der Waals surface area contributed by atoms with Crippen LogP contribution in [0.2, 0.25) is 0 Å². The Bertz CT molecular complexity index is 203. The molecule has 0 aliphatic rings. The average Bonchev–Trinajstić information content (AvgIpc) is 2.34. The third-order valence-electron chi connectivity index (χ3n) is 1.02. The highest BCUT2D eigenvalue weighted by Gasteiger charge is 1.93. The van der Waals surface area contributed by atoms with Crippen molar-refractivity contribution in [3.05, 3.63) is 30.6 Å². The Morgan fingerprint density at radius 1 is 1.90 bits per heavy atom. The fraction of sp³-hybridized carbons (Fsp3) is 0.286. The SMILES string of the molecule is C=C(C)NCc1ncco1. The zero-order valence-electron chi connectivity index (χ0n) is 5.92. The summed E-state index contributed by atoms with van der Waals surface area (Å²) in [6, 6.07) is 0. The molecule has 0 aliphatic carbocycles. The maximum Gasteiger partial charge on any atom is 0.213 e. The van der Waals surface area contributed by atoms with Crippen LogP contribution in [-0.2, 0) is 6.54 Å². The summed E-state index contributed by atoms with van der Waals surface area (Å²) in [6.07, 6.45) is 3.17. The van der Waals surface area contributed by atoms with Gasteiger partial charge in [-0.3, -0.25) is 0 Å². The lowest BCUT2D eigenvalue weighted by Crippen LogP contribution is -2.09. The zero-order chi connectivity index (χ0) is 7.40. The van der Waals surface area contributed by atoms with Gasteiger partial charge in [-0.1, -0.05) is 6.58 Å². The van der Waals surface area contributed by atoms with Gasteiger partial charge in [0.15, 0.2) is 0 Å². The van der Waals surface area contributed by atoms with Crippen LogP contribution in [0.5, 0.6) is 0 Å². The Morgan fingerprint density at radius 3 is 3.20 bits per heavy atom. The highest BCUT2D eigenvalue weighted by atomic mass is 16.3. The monoisotopic (exact) mass is 138 g/mol. The lowest BCUT2D eigenvalue weighted by Gasteiger charge is -1.98. The molecule has 1 heterocycles. The molecule has 0 unspecified atom stereocenters. The van der Waals surface area contributed by atoms with Crippen LogP contribution in [0.25, 0.3) is 0 Å². The molecule has 1 N–H and O–H groups in total.